The van der Waals surface area contributed by atoms with Crippen LogP contribution in [-0.2, 0) is 43.9 Å². The van der Waals surface area contributed by atoms with Crippen LogP contribution in [-0.4, -0.2) is 78.0 Å². The third-order valence-electron chi connectivity index (χ3n) is 8.89. The highest BCUT2D eigenvalue weighted by atomic mass is 32.2. The summed E-state index contributed by atoms with van der Waals surface area (Å²) in [6.45, 7) is -0.236. The lowest BCUT2D eigenvalue weighted by atomic mass is 9.88. The van der Waals surface area contributed by atoms with Crippen molar-refractivity contribution in [1.29, 1.82) is 0 Å². The van der Waals surface area contributed by atoms with Gasteiger partial charge in [0, 0.05) is 44.7 Å². The monoisotopic (exact) mass is 636 g/mol. The summed E-state index contributed by atoms with van der Waals surface area (Å²) in [4.78, 5) is 50.4. The Morgan fingerprint density at radius 2 is 1.61 bits per heavy atom. The van der Waals surface area contributed by atoms with Crippen molar-refractivity contribution in [2.75, 3.05) is 19.6 Å². The predicted octanol–water partition coefficient (Wildman–Crippen LogP) is 2.60. The van der Waals surface area contributed by atoms with Crippen LogP contribution in [0.3, 0.4) is 0 Å². The van der Waals surface area contributed by atoms with E-state index in [1.165, 1.54) is 21.3 Å². The topological polar surface area (TPSA) is 124 Å². The Hall–Kier alpha value is -3.85. The van der Waals surface area contributed by atoms with Gasteiger partial charge in [0.1, 0.15) is 11.9 Å². The van der Waals surface area contributed by atoms with Crippen molar-refractivity contribution < 1.29 is 45.2 Å². The lowest BCUT2D eigenvalue weighted by Gasteiger charge is -2.33. The van der Waals surface area contributed by atoms with Gasteiger partial charge in [0.2, 0.25) is 21.8 Å². The van der Waals surface area contributed by atoms with Crippen LogP contribution >= 0.6 is 0 Å². The van der Waals surface area contributed by atoms with E-state index in [-0.39, 0.29) is 68.4 Å². The summed E-state index contributed by atoms with van der Waals surface area (Å²) < 4.78 is 82.3. The molecule has 0 bridgehead atoms. The molecule has 0 aliphatic carbocycles. The molecule has 2 aromatic rings. The molecule has 4 aliphatic heterocycles. The van der Waals surface area contributed by atoms with Crippen molar-refractivity contribution in [3.63, 3.8) is 0 Å². The quantitative estimate of drug-likeness (QED) is 0.407. The van der Waals surface area contributed by atoms with Crippen molar-refractivity contribution in [2.45, 2.75) is 68.2 Å². The maximum Gasteiger partial charge on any atom is 0.471 e. The number of imide groups is 1. The maximum atomic E-state index is 15.3. The van der Waals surface area contributed by atoms with Crippen LogP contribution in [0.25, 0.3) is 0 Å². The lowest BCUT2D eigenvalue weighted by Crippen LogP contribution is -2.52. The minimum absolute atomic E-state index is 0.0701. The average molecular weight is 637 g/mol. The average Bonchev–Trinajstić information content (AvgIpc) is 3.29. The zero-order valence-corrected chi connectivity index (χ0v) is 24.1. The van der Waals surface area contributed by atoms with E-state index in [1.807, 2.05) is 0 Å². The third-order valence-corrected chi connectivity index (χ3v) is 10.8. The summed E-state index contributed by atoms with van der Waals surface area (Å²) in [6.07, 6.45) is -3.99. The molecule has 4 aliphatic rings. The number of amides is 4. The molecule has 10 nitrogen and oxygen atoms in total. The van der Waals surface area contributed by atoms with Gasteiger partial charge in [0.25, 0.3) is 5.91 Å². The first-order valence-corrected chi connectivity index (χ1v) is 15.6. The van der Waals surface area contributed by atoms with Crippen molar-refractivity contribution >= 4 is 33.7 Å². The van der Waals surface area contributed by atoms with Crippen LogP contribution in [0.5, 0.6) is 0 Å². The van der Waals surface area contributed by atoms with E-state index in [9.17, 15) is 40.8 Å². The largest absolute Gasteiger partial charge is 0.471 e. The Balaban J connectivity index is 1.14. The molecular weight excluding hydrogens is 608 g/mol. The van der Waals surface area contributed by atoms with Gasteiger partial charge >= 0.3 is 12.1 Å². The van der Waals surface area contributed by atoms with Gasteiger partial charge < -0.3 is 9.80 Å². The number of nitrogens with one attached hydrogen (secondary N) is 1. The number of alkyl halides is 3. The first-order chi connectivity index (χ1) is 20.7. The minimum Gasteiger partial charge on any atom is -0.330 e. The smallest absolute Gasteiger partial charge is 0.330 e. The van der Waals surface area contributed by atoms with E-state index in [2.05, 4.69) is 5.32 Å². The zero-order chi connectivity index (χ0) is 31.6. The standard InChI is InChI=1S/C29H28F4N4O6S/c30-23-13-22-19(15-37(27(22)40)24-3-4-25(38)34-26(24)39)12-21(23)17-6-9-36(10-7-17)44(42,43)20-2-1-16-5-8-35(14-18(16)11-20)28(41)29(31,32)33/h1-2,11-13,17,24H,3-10,14-15H2,(H,34,38,39). The molecule has 15 heteroatoms. The molecule has 2 saturated heterocycles. The van der Waals surface area contributed by atoms with E-state index >= 15 is 4.39 Å². The van der Waals surface area contributed by atoms with E-state index in [1.54, 1.807) is 12.1 Å². The Labute approximate surface area is 250 Å². The number of halogens is 4. The summed E-state index contributed by atoms with van der Waals surface area (Å²) >= 11 is 0. The van der Waals surface area contributed by atoms with Gasteiger partial charge in [-0.25, -0.2) is 12.8 Å². The zero-order valence-electron chi connectivity index (χ0n) is 23.3. The molecule has 234 valence electrons. The highest BCUT2D eigenvalue weighted by Crippen LogP contribution is 2.37. The Bertz CT molecular complexity index is 1690. The van der Waals surface area contributed by atoms with E-state index in [0.717, 1.165) is 6.07 Å². The second-order valence-corrected chi connectivity index (χ2v) is 13.5. The van der Waals surface area contributed by atoms with Crippen LogP contribution in [0, 0.1) is 5.82 Å². The van der Waals surface area contributed by atoms with Gasteiger partial charge in [-0.3, -0.25) is 24.5 Å². The molecule has 0 saturated carbocycles. The first-order valence-electron chi connectivity index (χ1n) is 14.2. The van der Waals surface area contributed by atoms with Crippen molar-refractivity contribution in [1.82, 2.24) is 19.4 Å². The van der Waals surface area contributed by atoms with Crippen LogP contribution in [0.4, 0.5) is 17.6 Å². The number of carbonyl (C=O) groups is 4. The van der Waals surface area contributed by atoms with Gasteiger partial charge in [-0.15, -0.1) is 0 Å². The fourth-order valence-electron chi connectivity index (χ4n) is 6.52. The van der Waals surface area contributed by atoms with Crippen molar-refractivity contribution in [3.05, 3.63) is 64.0 Å². The third kappa shape index (κ3) is 5.36. The van der Waals surface area contributed by atoms with Gasteiger partial charge in [0.15, 0.2) is 0 Å². The van der Waals surface area contributed by atoms with E-state index < -0.39 is 51.7 Å². The molecule has 4 amide bonds. The number of rotatable bonds is 4. The number of hydrogen-bond acceptors (Lipinski definition) is 6. The fourth-order valence-corrected chi connectivity index (χ4v) is 8.04. The molecule has 1 atom stereocenters. The Kier molecular flexibility index (Phi) is 7.51. The van der Waals surface area contributed by atoms with Gasteiger partial charge in [0.05, 0.1) is 4.90 Å². The van der Waals surface area contributed by atoms with Crippen molar-refractivity contribution in [2.24, 2.45) is 0 Å². The highest BCUT2D eigenvalue weighted by Gasteiger charge is 2.44. The van der Waals surface area contributed by atoms with E-state index in [0.29, 0.717) is 40.0 Å². The Morgan fingerprint density at radius 3 is 2.30 bits per heavy atom. The summed E-state index contributed by atoms with van der Waals surface area (Å²) in [5.41, 5.74) is 2.07. The summed E-state index contributed by atoms with van der Waals surface area (Å²) in [6, 6.07) is 6.21. The number of fused-ring (bicyclic) bond motifs is 2. The number of hydrogen-bond donors (Lipinski definition) is 1. The fraction of sp³-hybridized carbons (Fsp3) is 0.448. The molecule has 6 rings (SSSR count). The second kappa shape index (κ2) is 10.9. The predicted molar refractivity (Wildman–Crippen MR) is 145 cm³/mol. The molecule has 1 unspecified atom stereocenters. The first kappa shape index (κ1) is 30.2. The molecule has 0 spiro atoms. The van der Waals surface area contributed by atoms with Gasteiger partial charge in [-0.05, 0) is 72.1 Å². The Morgan fingerprint density at radius 1 is 0.886 bits per heavy atom. The lowest BCUT2D eigenvalue weighted by molar-refractivity contribution is -0.186. The summed E-state index contributed by atoms with van der Waals surface area (Å²) in [5.74, 6) is -4.37. The number of carbonyl (C=O) groups excluding carboxylic acids is 4. The molecule has 4 heterocycles. The van der Waals surface area contributed by atoms with Crippen LogP contribution in [0.2, 0.25) is 0 Å². The molecule has 2 aromatic carbocycles. The normalized spacial score (nSPS) is 21.7. The molecular formula is C29H28F4N4O6S. The molecule has 0 aromatic heterocycles. The minimum atomic E-state index is -5.02. The van der Waals surface area contributed by atoms with Gasteiger partial charge in [-0.1, -0.05) is 12.1 Å². The van der Waals surface area contributed by atoms with Crippen LogP contribution in [0.15, 0.2) is 35.2 Å². The summed E-state index contributed by atoms with van der Waals surface area (Å²) in [7, 11) is -4.02. The molecule has 2 fully saturated rings. The van der Waals surface area contributed by atoms with Crippen LogP contribution in [0.1, 0.15) is 64.2 Å². The molecule has 0 radical (unpaired) electrons. The number of piperidine rings is 2. The summed E-state index contributed by atoms with van der Waals surface area (Å²) in [5, 5.41) is 2.23. The SMILES string of the molecule is O=C1CCC(N2Cc3cc(C4CCN(S(=O)(=O)c5ccc6c(c5)CN(C(=O)C(F)(F)F)CC6)CC4)c(F)cc3C2=O)C(=O)N1. The number of sulfonamides is 1. The number of benzene rings is 2. The van der Waals surface area contributed by atoms with Gasteiger partial charge in [-0.2, -0.15) is 17.5 Å². The number of nitrogens with zero attached hydrogens (tertiary/aromatic N) is 3. The van der Waals surface area contributed by atoms with E-state index in [4.69, 9.17) is 0 Å². The second-order valence-electron chi connectivity index (χ2n) is 11.5. The van der Waals surface area contributed by atoms with Crippen LogP contribution < -0.4 is 5.32 Å². The maximum absolute atomic E-state index is 15.3. The molecule has 44 heavy (non-hydrogen) atoms. The molecule has 1 N–H and O–H groups in total. The highest BCUT2D eigenvalue weighted by molar-refractivity contribution is 7.89. The van der Waals surface area contributed by atoms with Crippen molar-refractivity contribution in [3.8, 4) is 0 Å².